The Balaban J connectivity index is 2.70. The number of unbranched alkanes of at least 4 members (excludes halogenated alkanes) is 1. The van der Waals surface area contributed by atoms with E-state index >= 15 is 0 Å². The van der Waals surface area contributed by atoms with E-state index in [0.29, 0.717) is 5.75 Å². The van der Waals surface area contributed by atoms with Gasteiger partial charge in [-0.15, -0.1) is 0 Å². The Labute approximate surface area is 104 Å². The van der Waals surface area contributed by atoms with Crippen LogP contribution in [0.3, 0.4) is 0 Å². The average Bonchev–Trinajstić information content (AvgIpc) is 2.36. The molecule has 0 saturated carbocycles. The van der Waals surface area contributed by atoms with Gasteiger partial charge < -0.3 is 9.84 Å². The molecule has 0 fully saturated rings. The molecular weight excluding hydrogens is 214 g/mol. The fourth-order valence-corrected chi connectivity index (χ4v) is 1.79. The first-order valence-corrected chi connectivity index (χ1v) is 6.29. The first kappa shape index (κ1) is 13.8. The molecule has 0 amide bonds. The third kappa shape index (κ3) is 4.27. The molecule has 1 N–H and O–H groups in total. The second kappa shape index (κ2) is 7.17. The van der Waals surface area contributed by atoms with Crippen LogP contribution in [-0.4, -0.2) is 30.2 Å². The maximum atomic E-state index is 9.82. The van der Waals surface area contributed by atoms with Crippen LogP contribution in [0.1, 0.15) is 32.3 Å². The molecule has 0 radical (unpaired) electrons. The van der Waals surface area contributed by atoms with E-state index in [2.05, 4.69) is 18.7 Å². The number of ether oxygens (including phenoxy) is 1. The van der Waals surface area contributed by atoms with Gasteiger partial charge in [-0.2, -0.15) is 0 Å². The number of phenols is 1. The maximum Gasteiger partial charge on any atom is 0.120 e. The van der Waals surface area contributed by atoms with Gasteiger partial charge in [-0.1, -0.05) is 20.3 Å². The average molecular weight is 237 g/mol. The van der Waals surface area contributed by atoms with Gasteiger partial charge >= 0.3 is 0 Å². The molecule has 0 aliphatic carbocycles. The van der Waals surface area contributed by atoms with E-state index < -0.39 is 0 Å². The van der Waals surface area contributed by atoms with Gasteiger partial charge in [0.15, 0.2) is 0 Å². The van der Waals surface area contributed by atoms with Crippen molar-refractivity contribution >= 4 is 0 Å². The first-order valence-electron chi connectivity index (χ1n) is 6.29. The SMILES string of the molecule is CCCCN(CC)Cc1cc(OC)ccc1O. The zero-order chi connectivity index (χ0) is 12.7. The van der Waals surface area contributed by atoms with Crippen molar-refractivity contribution in [3.05, 3.63) is 23.8 Å². The summed E-state index contributed by atoms with van der Waals surface area (Å²) in [6, 6.07) is 5.38. The Kier molecular flexibility index (Phi) is 5.84. The molecule has 3 heteroatoms. The molecule has 0 aliphatic rings. The Hall–Kier alpha value is -1.22. The van der Waals surface area contributed by atoms with Crippen LogP contribution in [0, 0.1) is 0 Å². The van der Waals surface area contributed by atoms with Crippen LogP contribution >= 0.6 is 0 Å². The fourth-order valence-electron chi connectivity index (χ4n) is 1.79. The predicted octanol–water partition coefficient (Wildman–Crippen LogP) is 3.02. The van der Waals surface area contributed by atoms with E-state index in [-0.39, 0.29) is 0 Å². The van der Waals surface area contributed by atoms with Crippen molar-refractivity contribution in [1.29, 1.82) is 0 Å². The third-order valence-electron chi connectivity index (χ3n) is 2.96. The molecule has 1 rings (SSSR count). The monoisotopic (exact) mass is 237 g/mol. The van der Waals surface area contributed by atoms with Gasteiger partial charge in [0.1, 0.15) is 11.5 Å². The van der Waals surface area contributed by atoms with Crippen molar-refractivity contribution in [1.82, 2.24) is 4.90 Å². The molecule has 0 saturated heterocycles. The fraction of sp³-hybridized carbons (Fsp3) is 0.571. The molecule has 0 aliphatic heterocycles. The van der Waals surface area contributed by atoms with E-state index in [1.54, 1.807) is 19.2 Å². The summed E-state index contributed by atoms with van der Waals surface area (Å²) in [4.78, 5) is 2.33. The summed E-state index contributed by atoms with van der Waals surface area (Å²) < 4.78 is 5.18. The highest BCUT2D eigenvalue weighted by atomic mass is 16.5. The van der Waals surface area contributed by atoms with Crippen LogP contribution in [0.15, 0.2) is 18.2 Å². The zero-order valence-electron chi connectivity index (χ0n) is 11.1. The lowest BCUT2D eigenvalue weighted by atomic mass is 10.1. The van der Waals surface area contributed by atoms with Crippen molar-refractivity contribution in [2.24, 2.45) is 0 Å². The standard InChI is InChI=1S/C14H23NO2/c1-4-6-9-15(5-2)11-12-10-13(17-3)7-8-14(12)16/h7-8,10,16H,4-6,9,11H2,1-3H3. The van der Waals surface area contributed by atoms with Crippen LogP contribution in [0.25, 0.3) is 0 Å². The number of benzene rings is 1. The molecular formula is C14H23NO2. The van der Waals surface area contributed by atoms with Gasteiger partial charge in [0.05, 0.1) is 7.11 Å². The van der Waals surface area contributed by atoms with Crippen molar-refractivity contribution in [3.8, 4) is 11.5 Å². The third-order valence-corrected chi connectivity index (χ3v) is 2.96. The largest absolute Gasteiger partial charge is 0.508 e. The minimum absolute atomic E-state index is 0.348. The molecule has 0 aromatic heterocycles. The van der Waals surface area contributed by atoms with Gasteiger partial charge in [-0.3, -0.25) is 4.90 Å². The molecule has 1 aromatic rings. The summed E-state index contributed by atoms with van der Waals surface area (Å²) >= 11 is 0. The van der Waals surface area contributed by atoms with E-state index in [4.69, 9.17) is 4.74 Å². The minimum atomic E-state index is 0.348. The van der Waals surface area contributed by atoms with Crippen LogP contribution < -0.4 is 4.74 Å². The first-order chi connectivity index (χ1) is 8.21. The summed E-state index contributed by atoms with van der Waals surface area (Å²) in [6.07, 6.45) is 2.39. The number of hydrogen-bond acceptors (Lipinski definition) is 3. The van der Waals surface area contributed by atoms with Crippen LogP contribution in [0.4, 0.5) is 0 Å². The van der Waals surface area contributed by atoms with E-state index in [1.165, 1.54) is 12.8 Å². The molecule has 1 aromatic carbocycles. The summed E-state index contributed by atoms with van der Waals surface area (Å²) in [7, 11) is 1.64. The van der Waals surface area contributed by atoms with Crippen molar-refractivity contribution in [3.63, 3.8) is 0 Å². The molecule has 0 unspecified atom stereocenters. The van der Waals surface area contributed by atoms with E-state index in [1.807, 2.05) is 6.07 Å². The van der Waals surface area contributed by atoms with Gasteiger partial charge in [-0.25, -0.2) is 0 Å². The molecule has 0 atom stereocenters. The Morgan fingerprint density at radius 2 is 2.06 bits per heavy atom. The summed E-state index contributed by atoms with van der Waals surface area (Å²) in [5, 5.41) is 9.82. The number of aromatic hydroxyl groups is 1. The quantitative estimate of drug-likeness (QED) is 0.791. The van der Waals surface area contributed by atoms with Gasteiger partial charge in [0, 0.05) is 12.1 Å². The van der Waals surface area contributed by atoms with Gasteiger partial charge in [-0.05, 0) is 37.7 Å². The Bertz CT molecular complexity index is 339. The number of nitrogens with zero attached hydrogens (tertiary/aromatic N) is 1. The van der Waals surface area contributed by atoms with Crippen molar-refractivity contribution < 1.29 is 9.84 Å². The number of methoxy groups -OCH3 is 1. The summed E-state index contributed by atoms with van der Waals surface area (Å²) in [5.74, 6) is 1.14. The van der Waals surface area contributed by atoms with Gasteiger partial charge in [0.2, 0.25) is 0 Å². The normalized spacial score (nSPS) is 10.8. The molecule has 0 heterocycles. The summed E-state index contributed by atoms with van der Waals surface area (Å²) in [5.41, 5.74) is 0.933. The van der Waals surface area contributed by atoms with E-state index in [0.717, 1.165) is 30.9 Å². The molecule has 0 bridgehead atoms. The number of phenolic OH excluding ortho intramolecular Hbond substituents is 1. The Morgan fingerprint density at radius 1 is 1.29 bits per heavy atom. The van der Waals surface area contributed by atoms with Crippen molar-refractivity contribution in [2.45, 2.75) is 33.2 Å². The topological polar surface area (TPSA) is 32.7 Å². The zero-order valence-corrected chi connectivity index (χ0v) is 11.1. The lowest BCUT2D eigenvalue weighted by Crippen LogP contribution is -2.23. The Morgan fingerprint density at radius 3 is 2.65 bits per heavy atom. The number of rotatable bonds is 7. The highest BCUT2D eigenvalue weighted by molar-refractivity contribution is 5.39. The molecule has 17 heavy (non-hydrogen) atoms. The second-order valence-corrected chi connectivity index (χ2v) is 4.22. The smallest absolute Gasteiger partial charge is 0.120 e. The highest BCUT2D eigenvalue weighted by Crippen LogP contribution is 2.24. The lowest BCUT2D eigenvalue weighted by molar-refractivity contribution is 0.270. The van der Waals surface area contributed by atoms with Crippen molar-refractivity contribution in [2.75, 3.05) is 20.2 Å². The van der Waals surface area contributed by atoms with Crippen LogP contribution in [0.5, 0.6) is 11.5 Å². The maximum absolute atomic E-state index is 9.82. The number of hydrogen-bond donors (Lipinski definition) is 1. The molecule has 96 valence electrons. The molecule has 3 nitrogen and oxygen atoms in total. The van der Waals surface area contributed by atoms with Gasteiger partial charge in [0.25, 0.3) is 0 Å². The molecule has 0 spiro atoms. The van der Waals surface area contributed by atoms with Crippen LogP contribution in [0.2, 0.25) is 0 Å². The summed E-state index contributed by atoms with van der Waals surface area (Å²) in [6.45, 7) is 7.18. The predicted molar refractivity (Wildman–Crippen MR) is 70.5 cm³/mol. The highest BCUT2D eigenvalue weighted by Gasteiger charge is 2.08. The minimum Gasteiger partial charge on any atom is -0.508 e. The van der Waals surface area contributed by atoms with Crippen LogP contribution in [-0.2, 0) is 6.54 Å². The second-order valence-electron chi connectivity index (χ2n) is 4.22. The van der Waals surface area contributed by atoms with E-state index in [9.17, 15) is 5.11 Å². The lowest BCUT2D eigenvalue weighted by Gasteiger charge is -2.20.